The SMILES string of the molecule is CCOC(=O)c1ccc(-c2ccc(C(=O)O)cc2C)cc1F. The minimum atomic E-state index is -1.02. The van der Waals surface area contributed by atoms with Crippen LogP contribution in [0.15, 0.2) is 36.4 Å². The second kappa shape index (κ2) is 6.39. The smallest absolute Gasteiger partial charge is 0.341 e. The van der Waals surface area contributed by atoms with Crippen LogP contribution in [0, 0.1) is 12.7 Å². The van der Waals surface area contributed by atoms with E-state index in [1.54, 1.807) is 26.0 Å². The maximum atomic E-state index is 14.1. The Labute approximate surface area is 127 Å². The van der Waals surface area contributed by atoms with Crippen molar-refractivity contribution in [2.24, 2.45) is 0 Å². The van der Waals surface area contributed by atoms with Crippen LogP contribution in [0.25, 0.3) is 11.1 Å². The molecule has 0 saturated carbocycles. The first-order valence-corrected chi connectivity index (χ1v) is 6.75. The van der Waals surface area contributed by atoms with Crippen LogP contribution in [-0.4, -0.2) is 23.7 Å². The summed E-state index contributed by atoms with van der Waals surface area (Å²) in [7, 11) is 0. The summed E-state index contributed by atoms with van der Waals surface area (Å²) in [5, 5.41) is 8.95. The second-order valence-corrected chi connectivity index (χ2v) is 4.75. The molecule has 114 valence electrons. The van der Waals surface area contributed by atoms with Gasteiger partial charge in [-0.2, -0.15) is 0 Å². The second-order valence-electron chi connectivity index (χ2n) is 4.75. The highest BCUT2D eigenvalue weighted by atomic mass is 19.1. The van der Waals surface area contributed by atoms with E-state index in [1.807, 2.05) is 0 Å². The highest BCUT2D eigenvalue weighted by Gasteiger charge is 2.15. The van der Waals surface area contributed by atoms with Gasteiger partial charge in [-0.1, -0.05) is 12.1 Å². The molecular formula is C17H15FO4. The zero-order valence-corrected chi connectivity index (χ0v) is 12.2. The molecule has 0 bridgehead atoms. The third kappa shape index (κ3) is 3.14. The predicted molar refractivity (Wildman–Crippen MR) is 79.5 cm³/mol. The minimum absolute atomic E-state index is 0.120. The first kappa shape index (κ1) is 15.7. The van der Waals surface area contributed by atoms with Crippen molar-refractivity contribution in [2.75, 3.05) is 6.61 Å². The number of hydrogen-bond acceptors (Lipinski definition) is 3. The monoisotopic (exact) mass is 302 g/mol. The number of esters is 1. The molecule has 0 amide bonds. The molecule has 0 radical (unpaired) electrons. The van der Waals surface area contributed by atoms with Gasteiger partial charge in [0.05, 0.1) is 17.7 Å². The molecule has 0 unspecified atom stereocenters. The number of carbonyl (C=O) groups excluding carboxylic acids is 1. The van der Waals surface area contributed by atoms with Crippen molar-refractivity contribution in [1.29, 1.82) is 0 Å². The number of hydrogen-bond donors (Lipinski definition) is 1. The van der Waals surface area contributed by atoms with Crippen molar-refractivity contribution in [3.05, 3.63) is 58.9 Å². The van der Waals surface area contributed by atoms with Gasteiger partial charge in [0.15, 0.2) is 0 Å². The summed E-state index contributed by atoms with van der Waals surface area (Å²) >= 11 is 0. The van der Waals surface area contributed by atoms with Crippen molar-refractivity contribution in [3.8, 4) is 11.1 Å². The number of rotatable bonds is 4. The lowest BCUT2D eigenvalue weighted by Gasteiger charge is -2.09. The number of benzene rings is 2. The molecule has 0 spiro atoms. The Morgan fingerprint density at radius 2 is 1.91 bits per heavy atom. The standard InChI is InChI=1S/C17H15FO4/c1-3-22-17(21)14-7-4-11(9-15(14)18)13-6-5-12(16(19)20)8-10(13)2/h4-9H,3H2,1-2H3,(H,19,20). The number of ether oxygens (including phenoxy) is 1. The highest BCUT2D eigenvalue weighted by molar-refractivity contribution is 5.91. The Kier molecular flexibility index (Phi) is 4.56. The summed E-state index contributed by atoms with van der Waals surface area (Å²) in [5.74, 6) is -2.39. The molecule has 2 aromatic carbocycles. The van der Waals surface area contributed by atoms with E-state index in [4.69, 9.17) is 9.84 Å². The third-order valence-electron chi connectivity index (χ3n) is 3.25. The molecule has 5 heteroatoms. The predicted octanol–water partition coefficient (Wildman–Crippen LogP) is 3.68. The van der Waals surface area contributed by atoms with E-state index in [1.165, 1.54) is 24.3 Å². The molecule has 0 heterocycles. The molecule has 0 aliphatic carbocycles. The van der Waals surface area contributed by atoms with Crippen LogP contribution in [0.4, 0.5) is 4.39 Å². The fourth-order valence-electron chi connectivity index (χ4n) is 2.18. The molecule has 0 saturated heterocycles. The molecular weight excluding hydrogens is 287 g/mol. The quantitative estimate of drug-likeness (QED) is 0.875. The highest BCUT2D eigenvalue weighted by Crippen LogP contribution is 2.26. The Bertz CT molecular complexity index is 737. The molecule has 0 aliphatic heterocycles. The van der Waals surface area contributed by atoms with Crippen molar-refractivity contribution < 1.29 is 23.8 Å². The molecule has 0 fully saturated rings. The summed E-state index contributed by atoms with van der Waals surface area (Å²) in [4.78, 5) is 22.5. The summed E-state index contributed by atoms with van der Waals surface area (Å²) in [6, 6.07) is 8.83. The van der Waals surface area contributed by atoms with Gasteiger partial charge in [0, 0.05) is 0 Å². The van der Waals surface area contributed by atoms with Gasteiger partial charge >= 0.3 is 11.9 Å². The number of halogens is 1. The van der Waals surface area contributed by atoms with Crippen molar-refractivity contribution >= 4 is 11.9 Å². The van der Waals surface area contributed by atoms with Gasteiger partial charge < -0.3 is 9.84 Å². The van der Waals surface area contributed by atoms with Gasteiger partial charge in [0.25, 0.3) is 0 Å². The Morgan fingerprint density at radius 3 is 2.45 bits per heavy atom. The number of carboxylic acid groups (broad SMARTS) is 1. The van der Waals surface area contributed by atoms with Gasteiger partial charge in [0.2, 0.25) is 0 Å². The van der Waals surface area contributed by atoms with Gasteiger partial charge in [0.1, 0.15) is 5.82 Å². The van der Waals surface area contributed by atoms with Crippen molar-refractivity contribution in [3.63, 3.8) is 0 Å². The van der Waals surface area contributed by atoms with Gasteiger partial charge in [-0.25, -0.2) is 14.0 Å². The molecule has 22 heavy (non-hydrogen) atoms. The Morgan fingerprint density at radius 1 is 1.18 bits per heavy atom. The summed E-state index contributed by atoms with van der Waals surface area (Å²) in [6.45, 7) is 3.58. The topological polar surface area (TPSA) is 63.6 Å². The summed E-state index contributed by atoms with van der Waals surface area (Å²) in [5.41, 5.74) is 2.04. The van der Waals surface area contributed by atoms with Crippen LogP contribution in [0.5, 0.6) is 0 Å². The zero-order chi connectivity index (χ0) is 16.3. The fourth-order valence-corrected chi connectivity index (χ4v) is 2.18. The average Bonchev–Trinajstić information content (AvgIpc) is 2.47. The van der Waals surface area contributed by atoms with E-state index in [2.05, 4.69) is 0 Å². The Hall–Kier alpha value is -2.69. The van der Waals surface area contributed by atoms with E-state index < -0.39 is 17.8 Å². The molecule has 1 N–H and O–H groups in total. The molecule has 2 rings (SSSR count). The van der Waals surface area contributed by atoms with Gasteiger partial charge in [-0.15, -0.1) is 0 Å². The van der Waals surface area contributed by atoms with Crippen LogP contribution >= 0.6 is 0 Å². The van der Waals surface area contributed by atoms with Crippen LogP contribution in [0.2, 0.25) is 0 Å². The van der Waals surface area contributed by atoms with Gasteiger partial charge in [-0.3, -0.25) is 0 Å². The third-order valence-corrected chi connectivity index (χ3v) is 3.25. The molecule has 0 atom stereocenters. The zero-order valence-electron chi connectivity index (χ0n) is 12.2. The van der Waals surface area contributed by atoms with Crippen LogP contribution in [0.3, 0.4) is 0 Å². The van der Waals surface area contributed by atoms with E-state index in [0.717, 1.165) is 0 Å². The number of aromatic carboxylic acids is 1. The molecule has 2 aromatic rings. The average molecular weight is 302 g/mol. The largest absolute Gasteiger partial charge is 0.478 e. The van der Waals surface area contributed by atoms with E-state index in [-0.39, 0.29) is 17.7 Å². The van der Waals surface area contributed by atoms with E-state index in [9.17, 15) is 14.0 Å². The fraction of sp³-hybridized carbons (Fsp3) is 0.176. The first-order valence-electron chi connectivity index (χ1n) is 6.75. The lowest BCUT2D eigenvalue weighted by atomic mass is 9.97. The normalized spacial score (nSPS) is 10.3. The van der Waals surface area contributed by atoms with E-state index >= 15 is 0 Å². The maximum Gasteiger partial charge on any atom is 0.341 e. The van der Waals surface area contributed by atoms with Crippen molar-refractivity contribution in [2.45, 2.75) is 13.8 Å². The molecule has 4 nitrogen and oxygen atoms in total. The molecule has 0 aromatic heterocycles. The molecule has 0 aliphatic rings. The van der Waals surface area contributed by atoms with Gasteiger partial charge in [-0.05, 0) is 54.8 Å². The first-order chi connectivity index (χ1) is 10.4. The lowest BCUT2D eigenvalue weighted by Crippen LogP contribution is -2.07. The van der Waals surface area contributed by atoms with Crippen LogP contribution in [0.1, 0.15) is 33.2 Å². The lowest BCUT2D eigenvalue weighted by molar-refractivity contribution is 0.0520. The summed E-state index contributed by atoms with van der Waals surface area (Å²) in [6.07, 6.45) is 0. The summed E-state index contributed by atoms with van der Waals surface area (Å²) < 4.78 is 18.8. The van der Waals surface area contributed by atoms with Crippen LogP contribution in [-0.2, 0) is 4.74 Å². The minimum Gasteiger partial charge on any atom is -0.478 e. The number of carboxylic acids is 1. The van der Waals surface area contributed by atoms with E-state index in [0.29, 0.717) is 16.7 Å². The van der Waals surface area contributed by atoms with Crippen LogP contribution < -0.4 is 0 Å². The number of aryl methyl sites for hydroxylation is 1. The van der Waals surface area contributed by atoms with Crippen molar-refractivity contribution in [1.82, 2.24) is 0 Å². The maximum absolute atomic E-state index is 14.1. The Balaban J connectivity index is 2.40. The number of carbonyl (C=O) groups is 2.